The van der Waals surface area contributed by atoms with E-state index in [2.05, 4.69) is 15.6 Å². The van der Waals surface area contributed by atoms with Crippen LogP contribution in [0.25, 0.3) is 0 Å². The van der Waals surface area contributed by atoms with Gasteiger partial charge < -0.3 is 10.6 Å². The Morgan fingerprint density at radius 2 is 2.12 bits per heavy atom. The van der Waals surface area contributed by atoms with Gasteiger partial charge in [0.2, 0.25) is 0 Å². The highest BCUT2D eigenvalue weighted by Crippen LogP contribution is 2.14. The van der Waals surface area contributed by atoms with E-state index in [1.165, 1.54) is 6.20 Å². The maximum atomic E-state index is 12.0. The van der Waals surface area contributed by atoms with Gasteiger partial charge in [0.05, 0.1) is 0 Å². The Morgan fingerprint density at radius 3 is 2.83 bits per heavy atom. The molecule has 2 N–H and O–H groups in total. The van der Waals surface area contributed by atoms with Gasteiger partial charge >= 0.3 is 0 Å². The summed E-state index contributed by atoms with van der Waals surface area (Å²) in [5.74, 6) is -0.424. The van der Waals surface area contributed by atoms with Crippen LogP contribution in [0.3, 0.4) is 0 Å². The van der Waals surface area contributed by atoms with Crippen molar-refractivity contribution >= 4 is 17.5 Å². The Kier molecular flexibility index (Phi) is 6.81. The molecule has 0 bridgehead atoms. The third-order valence-electron chi connectivity index (χ3n) is 3.28. The number of carbonyl (C=O) groups is 1. The van der Waals surface area contributed by atoms with Gasteiger partial charge in [-0.15, -0.1) is 0 Å². The highest BCUT2D eigenvalue weighted by Gasteiger charge is 2.08. The molecule has 0 saturated carbocycles. The maximum absolute atomic E-state index is 12.0. The number of rotatable bonds is 7. The van der Waals surface area contributed by atoms with E-state index in [0.29, 0.717) is 24.5 Å². The first-order chi connectivity index (χ1) is 11.7. The van der Waals surface area contributed by atoms with Gasteiger partial charge in [0.15, 0.2) is 0 Å². The second-order valence-electron chi connectivity index (χ2n) is 5.01. The van der Waals surface area contributed by atoms with Gasteiger partial charge in [-0.3, -0.25) is 9.78 Å². The molecule has 5 nitrogen and oxygen atoms in total. The fraction of sp³-hybridized carbons (Fsp3) is 0.167. The molecule has 1 heterocycles. The van der Waals surface area contributed by atoms with Gasteiger partial charge in [-0.05, 0) is 29.7 Å². The van der Waals surface area contributed by atoms with Gasteiger partial charge in [-0.1, -0.05) is 35.9 Å². The number of hydrogen-bond acceptors (Lipinski definition) is 4. The molecule has 1 aromatic carbocycles. The average Bonchev–Trinajstić information content (AvgIpc) is 2.62. The molecule has 0 unspecified atom stereocenters. The average molecular weight is 341 g/mol. The summed E-state index contributed by atoms with van der Waals surface area (Å²) >= 11 is 6.08. The Balaban J connectivity index is 1.81. The van der Waals surface area contributed by atoms with Crippen LogP contribution in [0, 0.1) is 11.3 Å². The van der Waals surface area contributed by atoms with Crippen molar-refractivity contribution < 1.29 is 4.79 Å². The van der Waals surface area contributed by atoms with E-state index in [-0.39, 0.29) is 5.57 Å². The van der Waals surface area contributed by atoms with Crippen LogP contribution in [0.4, 0.5) is 0 Å². The number of amides is 1. The Bertz CT molecular complexity index is 753. The van der Waals surface area contributed by atoms with E-state index in [4.69, 9.17) is 16.9 Å². The van der Waals surface area contributed by atoms with E-state index in [0.717, 1.165) is 11.1 Å². The van der Waals surface area contributed by atoms with Crippen LogP contribution in [0.1, 0.15) is 11.1 Å². The molecule has 1 aromatic heterocycles. The number of carbonyl (C=O) groups excluding carboxylic acids is 1. The molecule has 0 spiro atoms. The van der Waals surface area contributed by atoms with Crippen LogP contribution in [-0.2, 0) is 17.8 Å². The number of nitrogens with one attached hydrogen (secondary N) is 2. The zero-order valence-electron chi connectivity index (χ0n) is 13.0. The van der Waals surface area contributed by atoms with Crippen molar-refractivity contribution in [1.29, 1.82) is 5.26 Å². The molecular weight excluding hydrogens is 324 g/mol. The van der Waals surface area contributed by atoms with E-state index < -0.39 is 5.91 Å². The van der Waals surface area contributed by atoms with Crippen molar-refractivity contribution in [3.05, 3.63) is 76.7 Å². The predicted octanol–water partition coefficient (Wildman–Crippen LogP) is 2.59. The summed E-state index contributed by atoms with van der Waals surface area (Å²) in [5, 5.41) is 15.5. The van der Waals surface area contributed by atoms with Crippen molar-refractivity contribution in [2.75, 3.05) is 6.54 Å². The number of nitriles is 1. The van der Waals surface area contributed by atoms with E-state index in [9.17, 15) is 4.79 Å². The van der Waals surface area contributed by atoms with Gasteiger partial charge in [0, 0.05) is 36.7 Å². The first-order valence-electron chi connectivity index (χ1n) is 7.45. The van der Waals surface area contributed by atoms with Crippen LogP contribution in [0.2, 0.25) is 5.02 Å². The predicted molar refractivity (Wildman–Crippen MR) is 92.9 cm³/mol. The van der Waals surface area contributed by atoms with Crippen molar-refractivity contribution in [2.24, 2.45) is 0 Å². The molecule has 0 atom stereocenters. The van der Waals surface area contributed by atoms with Crippen LogP contribution < -0.4 is 10.6 Å². The lowest BCUT2D eigenvalue weighted by Crippen LogP contribution is -2.25. The summed E-state index contributed by atoms with van der Waals surface area (Å²) in [5.41, 5.74) is 1.91. The minimum absolute atomic E-state index is 0.0260. The number of aromatic nitrogens is 1. The number of hydrogen-bond donors (Lipinski definition) is 2. The standard InChI is InChI=1S/C18H17ClN4O/c19-17-6-2-1-5-15(17)7-9-22-13-16(10-20)18(24)23-12-14-4-3-8-21-11-14/h1-6,8,11,13,22H,7,9,12H2,(H,23,24)/b16-13-. The molecule has 6 heteroatoms. The second kappa shape index (κ2) is 9.33. The third-order valence-corrected chi connectivity index (χ3v) is 3.65. The molecular formula is C18H17ClN4O. The highest BCUT2D eigenvalue weighted by atomic mass is 35.5. The number of benzene rings is 1. The fourth-order valence-corrected chi connectivity index (χ4v) is 2.24. The minimum atomic E-state index is -0.424. The molecule has 0 saturated heterocycles. The van der Waals surface area contributed by atoms with Crippen molar-refractivity contribution in [2.45, 2.75) is 13.0 Å². The van der Waals surface area contributed by atoms with Crippen LogP contribution in [0.5, 0.6) is 0 Å². The first kappa shape index (κ1) is 17.5. The normalized spacial score (nSPS) is 10.8. The Morgan fingerprint density at radius 1 is 1.29 bits per heavy atom. The number of halogens is 1. The summed E-state index contributed by atoms with van der Waals surface area (Å²) in [6, 6.07) is 13.1. The van der Waals surface area contributed by atoms with Crippen molar-refractivity contribution in [3.63, 3.8) is 0 Å². The zero-order valence-corrected chi connectivity index (χ0v) is 13.8. The topological polar surface area (TPSA) is 77.8 Å². The van der Waals surface area contributed by atoms with Crippen molar-refractivity contribution in [3.8, 4) is 6.07 Å². The summed E-state index contributed by atoms with van der Waals surface area (Å²) in [6.07, 6.45) is 5.45. The molecule has 1 amide bonds. The second-order valence-corrected chi connectivity index (χ2v) is 5.42. The monoisotopic (exact) mass is 340 g/mol. The largest absolute Gasteiger partial charge is 0.389 e. The van der Waals surface area contributed by atoms with Gasteiger partial charge in [-0.25, -0.2) is 0 Å². The molecule has 24 heavy (non-hydrogen) atoms. The molecule has 122 valence electrons. The van der Waals surface area contributed by atoms with Gasteiger partial charge in [0.1, 0.15) is 11.6 Å². The quantitative estimate of drug-likeness (QED) is 0.461. The third kappa shape index (κ3) is 5.41. The zero-order chi connectivity index (χ0) is 17.2. The smallest absolute Gasteiger partial charge is 0.263 e. The SMILES string of the molecule is N#C/C(=C/NCCc1ccccc1Cl)C(=O)NCc1cccnc1. The minimum Gasteiger partial charge on any atom is -0.389 e. The Labute approximate surface area is 146 Å². The van der Waals surface area contributed by atoms with Crippen LogP contribution >= 0.6 is 11.6 Å². The molecule has 0 aliphatic carbocycles. The molecule has 0 fully saturated rings. The first-order valence-corrected chi connectivity index (χ1v) is 7.82. The summed E-state index contributed by atoms with van der Waals surface area (Å²) < 4.78 is 0. The molecule has 2 rings (SSSR count). The summed E-state index contributed by atoms with van der Waals surface area (Å²) in [4.78, 5) is 16.0. The maximum Gasteiger partial charge on any atom is 0.263 e. The highest BCUT2D eigenvalue weighted by molar-refractivity contribution is 6.31. The van der Waals surface area contributed by atoms with E-state index in [1.807, 2.05) is 36.4 Å². The lowest BCUT2D eigenvalue weighted by Gasteiger charge is -2.06. The molecule has 0 radical (unpaired) electrons. The van der Waals surface area contributed by atoms with Gasteiger partial charge in [-0.2, -0.15) is 5.26 Å². The molecule has 2 aromatic rings. The number of pyridine rings is 1. The lowest BCUT2D eigenvalue weighted by molar-refractivity contribution is -0.117. The lowest BCUT2D eigenvalue weighted by atomic mass is 10.1. The van der Waals surface area contributed by atoms with Crippen LogP contribution in [-0.4, -0.2) is 17.4 Å². The fourth-order valence-electron chi connectivity index (χ4n) is 2.01. The summed E-state index contributed by atoms with van der Waals surface area (Å²) in [7, 11) is 0. The van der Waals surface area contributed by atoms with Crippen LogP contribution in [0.15, 0.2) is 60.6 Å². The molecule has 0 aliphatic rings. The number of nitrogens with zero attached hydrogens (tertiary/aromatic N) is 2. The van der Waals surface area contributed by atoms with E-state index >= 15 is 0 Å². The van der Waals surface area contributed by atoms with Crippen molar-refractivity contribution in [1.82, 2.24) is 15.6 Å². The molecule has 0 aliphatic heterocycles. The van der Waals surface area contributed by atoms with E-state index in [1.54, 1.807) is 18.5 Å². The van der Waals surface area contributed by atoms with Gasteiger partial charge in [0.25, 0.3) is 5.91 Å². The summed E-state index contributed by atoms with van der Waals surface area (Å²) in [6.45, 7) is 0.899. The Hall–Kier alpha value is -2.84.